The number of benzene rings is 1. The molecule has 128 valence electrons. The maximum Gasteiger partial charge on any atom is 0.231 e. The lowest BCUT2D eigenvalue weighted by Crippen LogP contribution is -2.34. The lowest BCUT2D eigenvalue weighted by molar-refractivity contribution is -0.121. The maximum absolute atomic E-state index is 12.1. The van der Waals surface area contributed by atoms with Crippen molar-refractivity contribution < 1.29 is 18.7 Å². The summed E-state index contributed by atoms with van der Waals surface area (Å²) in [5, 5.41) is 3.00. The van der Waals surface area contributed by atoms with Gasteiger partial charge >= 0.3 is 0 Å². The third kappa shape index (κ3) is 3.89. The minimum atomic E-state index is 0.0130. The van der Waals surface area contributed by atoms with Crippen LogP contribution in [0.4, 0.5) is 0 Å². The summed E-state index contributed by atoms with van der Waals surface area (Å²) in [6, 6.07) is 9.66. The second-order valence-corrected chi connectivity index (χ2v) is 5.98. The van der Waals surface area contributed by atoms with Gasteiger partial charge in [-0.15, -0.1) is 0 Å². The highest BCUT2D eigenvalue weighted by atomic mass is 16.7. The second-order valence-electron chi connectivity index (χ2n) is 5.98. The van der Waals surface area contributed by atoms with Crippen molar-refractivity contribution in [2.45, 2.75) is 18.9 Å². The lowest BCUT2D eigenvalue weighted by atomic mass is 10.0. The Kier molecular flexibility index (Phi) is 5.05. The summed E-state index contributed by atoms with van der Waals surface area (Å²) in [5.74, 6) is 2.35. The van der Waals surface area contributed by atoms with Crippen molar-refractivity contribution in [1.29, 1.82) is 0 Å². The fourth-order valence-electron chi connectivity index (χ4n) is 2.71. The van der Waals surface area contributed by atoms with Gasteiger partial charge in [0, 0.05) is 19.4 Å². The standard InChI is InChI=1S/C18H22N2O4/c1-20(2)15(13-5-7-16-17(10-13)24-12-23-16)11-19-18(21)8-6-14-4-3-9-22-14/h3-5,7,9-10,15H,6,8,11-12H2,1-2H3,(H,19,21). The lowest BCUT2D eigenvalue weighted by Gasteiger charge is -2.25. The van der Waals surface area contributed by atoms with Gasteiger partial charge < -0.3 is 24.1 Å². The predicted octanol–water partition coefficient (Wildman–Crippen LogP) is 2.36. The Bertz CT molecular complexity index is 682. The summed E-state index contributed by atoms with van der Waals surface area (Å²) in [6.45, 7) is 0.790. The molecular weight excluding hydrogens is 308 g/mol. The molecule has 1 N–H and O–H groups in total. The summed E-state index contributed by atoms with van der Waals surface area (Å²) in [7, 11) is 3.98. The highest BCUT2D eigenvalue weighted by Crippen LogP contribution is 2.34. The first-order valence-electron chi connectivity index (χ1n) is 7.98. The molecule has 1 amide bonds. The molecule has 2 heterocycles. The molecule has 1 aromatic heterocycles. The second kappa shape index (κ2) is 7.40. The van der Waals surface area contributed by atoms with Crippen LogP contribution in [0, 0.1) is 0 Å². The van der Waals surface area contributed by atoms with E-state index in [1.165, 1.54) is 0 Å². The molecule has 6 nitrogen and oxygen atoms in total. The summed E-state index contributed by atoms with van der Waals surface area (Å²) >= 11 is 0. The Morgan fingerprint density at radius 3 is 2.83 bits per heavy atom. The number of ether oxygens (including phenoxy) is 2. The molecular formula is C18H22N2O4. The number of hydrogen-bond donors (Lipinski definition) is 1. The number of nitrogens with zero attached hydrogens (tertiary/aromatic N) is 1. The molecule has 0 bridgehead atoms. The van der Waals surface area contributed by atoms with E-state index in [1.807, 2.05) is 44.4 Å². The van der Waals surface area contributed by atoms with Crippen LogP contribution in [0.5, 0.6) is 11.5 Å². The zero-order valence-corrected chi connectivity index (χ0v) is 14.0. The van der Waals surface area contributed by atoms with Crippen molar-refractivity contribution in [2.24, 2.45) is 0 Å². The average Bonchev–Trinajstić information content (AvgIpc) is 3.23. The third-order valence-corrected chi connectivity index (χ3v) is 4.08. The van der Waals surface area contributed by atoms with Crippen LogP contribution >= 0.6 is 0 Å². The van der Waals surface area contributed by atoms with Crippen LogP contribution in [0.2, 0.25) is 0 Å². The van der Waals surface area contributed by atoms with Gasteiger partial charge in [-0.2, -0.15) is 0 Å². The molecule has 1 aromatic carbocycles. The number of likely N-dealkylation sites (N-methyl/N-ethyl adjacent to an activating group) is 1. The largest absolute Gasteiger partial charge is 0.469 e. The molecule has 0 radical (unpaired) electrons. The summed E-state index contributed by atoms with van der Waals surface area (Å²) in [5.41, 5.74) is 1.08. The van der Waals surface area contributed by atoms with Crippen molar-refractivity contribution in [3.8, 4) is 11.5 Å². The molecule has 0 saturated heterocycles. The van der Waals surface area contributed by atoms with Crippen LogP contribution in [0.3, 0.4) is 0 Å². The van der Waals surface area contributed by atoms with Gasteiger partial charge in [-0.1, -0.05) is 6.07 Å². The fourth-order valence-corrected chi connectivity index (χ4v) is 2.71. The third-order valence-electron chi connectivity index (χ3n) is 4.08. The van der Waals surface area contributed by atoms with E-state index in [4.69, 9.17) is 13.9 Å². The topological polar surface area (TPSA) is 63.9 Å². The molecule has 1 aliphatic heterocycles. The zero-order valence-electron chi connectivity index (χ0n) is 14.0. The minimum absolute atomic E-state index is 0.0130. The van der Waals surface area contributed by atoms with Crippen molar-refractivity contribution in [3.63, 3.8) is 0 Å². The van der Waals surface area contributed by atoms with Gasteiger partial charge in [-0.05, 0) is 43.9 Å². The number of carbonyl (C=O) groups is 1. The zero-order chi connectivity index (χ0) is 16.9. The SMILES string of the molecule is CN(C)C(CNC(=O)CCc1ccco1)c1ccc2c(c1)OCO2. The molecule has 24 heavy (non-hydrogen) atoms. The molecule has 3 rings (SSSR count). The van der Waals surface area contributed by atoms with Gasteiger partial charge in [0.25, 0.3) is 0 Å². The maximum atomic E-state index is 12.1. The highest BCUT2D eigenvalue weighted by molar-refractivity contribution is 5.76. The fraction of sp³-hybridized carbons (Fsp3) is 0.389. The molecule has 0 spiro atoms. The summed E-state index contributed by atoms with van der Waals surface area (Å²) < 4.78 is 16.0. The van der Waals surface area contributed by atoms with E-state index in [-0.39, 0.29) is 18.7 Å². The van der Waals surface area contributed by atoms with E-state index in [1.54, 1.807) is 6.26 Å². The van der Waals surface area contributed by atoms with Gasteiger partial charge in [0.05, 0.1) is 12.3 Å². The average molecular weight is 330 g/mol. The number of amides is 1. The van der Waals surface area contributed by atoms with Crippen LogP contribution in [-0.2, 0) is 11.2 Å². The molecule has 2 aromatic rings. The van der Waals surface area contributed by atoms with Crippen LogP contribution in [0.15, 0.2) is 41.0 Å². The first-order valence-corrected chi connectivity index (χ1v) is 7.98. The monoisotopic (exact) mass is 330 g/mol. The van der Waals surface area contributed by atoms with Crippen LogP contribution in [-0.4, -0.2) is 38.2 Å². The number of fused-ring (bicyclic) bond motifs is 1. The van der Waals surface area contributed by atoms with Gasteiger partial charge in [0.1, 0.15) is 5.76 Å². The Labute approximate surface area is 141 Å². The van der Waals surface area contributed by atoms with Crippen molar-refractivity contribution in [3.05, 3.63) is 47.9 Å². The van der Waals surface area contributed by atoms with E-state index < -0.39 is 0 Å². The van der Waals surface area contributed by atoms with E-state index in [0.717, 1.165) is 22.8 Å². The van der Waals surface area contributed by atoms with Crippen molar-refractivity contribution >= 4 is 5.91 Å². The Morgan fingerprint density at radius 1 is 1.25 bits per heavy atom. The van der Waals surface area contributed by atoms with Gasteiger partial charge in [0.2, 0.25) is 12.7 Å². The number of hydrogen-bond acceptors (Lipinski definition) is 5. The van der Waals surface area contributed by atoms with Gasteiger partial charge in [0.15, 0.2) is 11.5 Å². The Morgan fingerprint density at radius 2 is 2.08 bits per heavy atom. The highest BCUT2D eigenvalue weighted by Gasteiger charge is 2.20. The van der Waals surface area contributed by atoms with Crippen molar-refractivity contribution in [1.82, 2.24) is 10.2 Å². The van der Waals surface area contributed by atoms with Crippen molar-refractivity contribution in [2.75, 3.05) is 27.4 Å². The normalized spacial score (nSPS) is 14.0. The van der Waals surface area contributed by atoms with E-state index in [2.05, 4.69) is 10.2 Å². The minimum Gasteiger partial charge on any atom is -0.469 e. The summed E-state index contributed by atoms with van der Waals surface area (Å²) in [6.07, 6.45) is 2.64. The molecule has 1 aliphatic rings. The first kappa shape index (κ1) is 16.4. The molecule has 1 unspecified atom stereocenters. The molecule has 1 atom stereocenters. The van der Waals surface area contributed by atoms with Crippen LogP contribution in [0.25, 0.3) is 0 Å². The number of nitrogens with one attached hydrogen (secondary N) is 1. The molecule has 0 aliphatic carbocycles. The van der Waals surface area contributed by atoms with Crippen LogP contribution < -0.4 is 14.8 Å². The number of carbonyl (C=O) groups excluding carboxylic acids is 1. The number of aryl methyl sites for hydroxylation is 1. The van der Waals surface area contributed by atoms with E-state index >= 15 is 0 Å². The van der Waals surface area contributed by atoms with E-state index in [9.17, 15) is 4.79 Å². The smallest absolute Gasteiger partial charge is 0.231 e. The van der Waals surface area contributed by atoms with E-state index in [0.29, 0.717) is 19.4 Å². The molecule has 0 saturated carbocycles. The Balaban J connectivity index is 1.57. The van der Waals surface area contributed by atoms with Gasteiger partial charge in [-0.3, -0.25) is 4.79 Å². The predicted molar refractivity (Wildman–Crippen MR) is 89.0 cm³/mol. The quantitative estimate of drug-likeness (QED) is 0.844. The van der Waals surface area contributed by atoms with Gasteiger partial charge in [-0.25, -0.2) is 0 Å². The Hall–Kier alpha value is -2.47. The first-order chi connectivity index (χ1) is 11.6. The van der Waals surface area contributed by atoms with Crippen LogP contribution in [0.1, 0.15) is 23.8 Å². The molecule has 0 fully saturated rings. The number of rotatable bonds is 7. The molecule has 6 heteroatoms. The summed E-state index contributed by atoms with van der Waals surface area (Å²) in [4.78, 5) is 14.1. The number of furan rings is 1.